The molecule has 2 unspecified atom stereocenters. The first-order chi connectivity index (χ1) is 17.3. The van der Waals surface area contributed by atoms with Crippen molar-refractivity contribution in [1.29, 1.82) is 0 Å². The average Bonchev–Trinajstić information content (AvgIpc) is 2.89. The van der Waals surface area contributed by atoms with Gasteiger partial charge in [-0.25, -0.2) is 8.78 Å². The van der Waals surface area contributed by atoms with Crippen molar-refractivity contribution in [2.75, 3.05) is 6.61 Å². The van der Waals surface area contributed by atoms with Crippen molar-refractivity contribution < 1.29 is 22.6 Å². The third-order valence-corrected chi connectivity index (χ3v) is 7.29. The largest absolute Gasteiger partial charge is 0.450 e. The fraction of sp³-hybridized carbons (Fsp3) is 0.419. The highest BCUT2D eigenvalue weighted by molar-refractivity contribution is 5.68. The van der Waals surface area contributed by atoms with Crippen LogP contribution in [0.2, 0.25) is 0 Å². The minimum absolute atomic E-state index is 0.151. The number of halogens is 3. The second kappa shape index (κ2) is 11.5. The van der Waals surface area contributed by atoms with Gasteiger partial charge in [-0.05, 0) is 72.8 Å². The molecule has 192 valence electrons. The Kier molecular flexibility index (Phi) is 8.40. The number of aryl methyl sites for hydroxylation is 1. The lowest BCUT2D eigenvalue weighted by Crippen LogP contribution is -2.26. The first kappa shape index (κ1) is 26.3. The summed E-state index contributed by atoms with van der Waals surface area (Å²) >= 11 is 0. The van der Waals surface area contributed by atoms with Gasteiger partial charge in [-0.15, -0.1) is 0 Å². The Morgan fingerprint density at radius 3 is 2.44 bits per heavy atom. The highest BCUT2D eigenvalue weighted by Gasteiger charge is 2.29. The summed E-state index contributed by atoms with van der Waals surface area (Å²) in [4.78, 5) is 0. The average molecular weight is 497 g/mol. The minimum atomic E-state index is -1.12. The fourth-order valence-electron chi connectivity index (χ4n) is 5.02. The van der Waals surface area contributed by atoms with Gasteiger partial charge in [0, 0.05) is 24.2 Å². The summed E-state index contributed by atoms with van der Waals surface area (Å²) in [6.45, 7) is 12.4. The zero-order valence-corrected chi connectivity index (χ0v) is 21.3. The van der Waals surface area contributed by atoms with Crippen LogP contribution in [0.25, 0.3) is 11.1 Å². The lowest BCUT2D eigenvalue weighted by molar-refractivity contribution is -0.0215. The first-order valence-corrected chi connectivity index (χ1v) is 13.0. The molecule has 0 saturated carbocycles. The van der Waals surface area contributed by atoms with Crippen LogP contribution in [0.4, 0.5) is 13.2 Å². The molecule has 2 aliphatic rings. The van der Waals surface area contributed by atoms with Gasteiger partial charge in [0.15, 0.2) is 23.2 Å². The maximum atomic E-state index is 15.1. The molecule has 0 bridgehead atoms. The summed E-state index contributed by atoms with van der Waals surface area (Å²) in [5.74, 6) is -2.58. The van der Waals surface area contributed by atoms with Gasteiger partial charge in [-0.1, -0.05) is 57.7 Å². The van der Waals surface area contributed by atoms with Crippen LogP contribution >= 0.6 is 0 Å². The Bertz CT molecular complexity index is 1160. The van der Waals surface area contributed by atoms with E-state index in [2.05, 4.69) is 20.1 Å². The molecule has 0 aromatic heterocycles. The quantitative estimate of drug-likeness (QED) is 0.364. The van der Waals surface area contributed by atoms with Crippen LogP contribution in [0.15, 0.2) is 66.2 Å². The third-order valence-electron chi connectivity index (χ3n) is 7.29. The molecular weight excluding hydrogens is 461 g/mol. The molecule has 0 radical (unpaired) electrons. The minimum Gasteiger partial charge on any atom is -0.450 e. The molecule has 0 N–H and O–H groups in total. The molecule has 0 amide bonds. The topological polar surface area (TPSA) is 18.5 Å². The summed E-state index contributed by atoms with van der Waals surface area (Å²) in [6, 6.07) is 9.11. The SMILES string of the molecule is C=C(CC)/C(F)=C1/Oc2c(cc(-c3ccc(CCC4CCC(CCC)CO4)cc3)c(F)c2F)CC1=C. The molecule has 0 aliphatic carbocycles. The fourth-order valence-corrected chi connectivity index (χ4v) is 5.02. The van der Waals surface area contributed by atoms with Gasteiger partial charge in [-0.2, -0.15) is 4.39 Å². The van der Waals surface area contributed by atoms with Crippen LogP contribution in [-0.2, 0) is 17.6 Å². The number of benzene rings is 2. The Hall–Kier alpha value is -2.79. The first-order valence-electron chi connectivity index (χ1n) is 13.0. The van der Waals surface area contributed by atoms with Crippen molar-refractivity contribution in [3.63, 3.8) is 0 Å². The Labute approximate surface area is 212 Å². The second-order valence-corrected chi connectivity index (χ2v) is 9.95. The van der Waals surface area contributed by atoms with E-state index in [1.807, 2.05) is 24.3 Å². The van der Waals surface area contributed by atoms with Crippen LogP contribution < -0.4 is 4.74 Å². The zero-order chi connectivity index (χ0) is 25.8. The van der Waals surface area contributed by atoms with E-state index in [1.165, 1.54) is 19.3 Å². The monoisotopic (exact) mass is 496 g/mol. The van der Waals surface area contributed by atoms with Gasteiger partial charge in [0.25, 0.3) is 0 Å². The lowest BCUT2D eigenvalue weighted by atomic mass is 9.91. The summed E-state index contributed by atoms with van der Waals surface area (Å²) in [6.07, 6.45) is 7.42. The molecule has 1 fully saturated rings. The van der Waals surface area contributed by atoms with Gasteiger partial charge < -0.3 is 9.47 Å². The zero-order valence-electron chi connectivity index (χ0n) is 21.3. The van der Waals surface area contributed by atoms with Crippen molar-refractivity contribution >= 4 is 0 Å². The maximum absolute atomic E-state index is 15.1. The summed E-state index contributed by atoms with van der Waals surface area (Å²) in [5, 5.41) is 0. The van der Waals surface area contributed by atoms with Crippen LogP contribution in [0, 0.1) is 17.6 Å². The molecule has 2 aromatic carbocycles. The van der Waals surface area contributed by atoms with Gasteiger partial charge in [0.05, 0.1) is 6.10 Å². The number of fused-ring (bicyclic) bond motifs is 1. The number of hydrogen-bond donors (Lipinski definition) is 0. The number of hydrogen-bond acceptors (Lipinski definition) is 2. The smallest absolute Gasteiger partial charge is 0.202 e. The lowest BCUT2D eigenvalue weighted by Gasteiger charge is -2.29. The van der Waals surface area contributed by atoms with Crippen molar-refractivity contribution in [2.24, 2.45) is 5.92 Å². The predicted molar refractivity (Wildman–Crippen MR) is 139 cm³/mol. The Morgan fingerprint density at radius 1 is 1.06 bits per heavy atom. The van der Waals surface area contributed by atoms with Crippen LogP contribution in [-0.4, -0.2) is 12.7 Å². The normalized spacial score (nSPS) is 21.1. The van der Waals surface area contributed by atoms with E-state index < -0.39 is 17.5 Å². The molecule has 4 rings (SSSR count). The van der Waals surface area contributed by atoms with E-state index in [0.29, 0.717) is 29.0 Å². The highest BCUT2D eigenvalue weighted by atomic mass is 19.2. The Balaban J connectivity index is 1.47. The molecule has 0 spiro atoms. The number of allylic oxidation sites excluding steroid dienone is 3. The highest BCUT2D eigenvalue weighted by Crippen LogP contribution is 2.41. The molecule has 2 nitrogen and oxygen atoms in total. The summed E-state index contributed by atoms with van der Waals surface area (Å²) < 4.78 is 56.3. The summed E-state index contributed by atoms with van der Waals surface area (Å²) in [5.41, 5.74) is 2.89. The van der Waals surface area contributed by atoms with Gasteiger partial charge >= 0.3 is 0 Å². The van der Waals surface area contributed by atoms with Gasteiger partial charge in [-0.3, -0.25) is 0 Å². The molecule has 2 aromatic rings. The molecular formula is C31H35F3O2. The molecule has 2 heterocycles. The molecule has 1 saturated heterocycles. The Morgan fingerprint density at radius 2 is 1.81 bits per heavy atom. The summed E-state index contributed by atoms with van der Waals surface area (Å²) in [7, 11) is 0. The van der Waals surface area contributed by atoms with Crippen LogP contribution in [0.1, 0.15) is 63.5 Å². The van der Waals surface area contributed by atoms with Crippen molar-refractivity contribution in [3.05, 3.63) is 89.0 Å². The van der Waals surface area contributed by atoms with Crippen LogP contribution in [0.5, 0.6) is 5.75 Å². The van der Waals surface area contributed by atoms with E-state index in [4.69, 9.17) is 9.47 Å². The van der Waals surface area contributed by atoms with Gasteiger partial charge in [0.1, 0.15) is 0 Å². The molecule has 36 heavy (non-hydrogen) atoms. The number of rotatable bonds is 8. The molecule has 5 heteroatoms. The second-order valence-electron chi connectivity index (χ2n) is 9.95. The standard InChI is InChI=1S/C31H35F3O2/c1-5-7-22-11-15-25(35-18-22)14-10-21-8-12-23(13-9-21)26-17-24-16-20(4)30(27(32)19(3)6-2)36-31(24)29(34)28(26)33/h8-9,12-13,17,22,25H,3-7,10-11,14-16,18H2,1-2H3/b30-27-. The van der Waals surface area contributed by atoms with E-state index in [9.17, 15) is 4.39 Å². The maximum Gasteiger partial charge on any atom is 0.202 e. The third kappa shape index (κ3) is 5.62. The molecule has 2 atom stereocenters. The van der Waals surface area contributed by atoms with E-state index in [1.54, 1.807) is 13.0 Å². The van der Waals surface area contributed by atoms with Crippen LogP contribution in [0.3, 0.4) is 0 Å². The van der Waals surface area contributed by atoms with Crippen molar-refractivity contribution in [3.8, 4) is 16.9 Å². The van der Waals surface area contributed by atoms with Gasteiger partial charge in [0.2, 0.25) is 5.82 Å². The molecule has 2 aliphatic heterocycles. The van der Waals surface area contributed by atoms with Crippen molar-refractivity contribution in [1.82, 2.24) is 0 Å². The number of ether oxygens (including phenoxy) is 2. The van der Waals surface area contributed by atoms with Crippen molar-refractivity contribution in [2.45, 2.75) is 71.3 Å². The van der Waals surface area contributed by atoms with E-state index in [-0.39, 0.29) is 35.2 Å². The van der Waals surface area contributed by atoms with E-state index >= 15 is 8.78 Å². The predicted octanol–water partition coefficient (Wildman–Crippen LogP) is 8.80. The van der Waals surface area contributed by atoms with E-state index in [0.717, 1.165) is 31.4 Å².